The first-order chi connectivity index (χ1) is 11.0. The van der Waals surface area contributed by atoms with Crippen molar-refractivity contribution in [1.29, 1.82) is 0 Å². The number of urea groups is 1. The molecule has 23 heavy (non-hydrogen) atoms. The topological polar surface area (TPSA) is 74.3 Å². The second kappa shape index (κ2) is 7.93. The highest BCUT2D eigenvalue weighted by Crippen LogP contribution is 2.15. The molecule has 0 aliphatic rings. The monoisotopic (exact) mass is 312 g/mol. The molecular formula is C17H20N4O2. The van der Waals surface area contributed by atoms with E-state index in [0.29, 0.717) is 17.9 Å². The third-order valence-corrected chi connectivity index (χ3v) is 3.27. The van der Waals surface area contributed by atoms with Crippen molar-refractivity contribution in [3.8, 4) is 0 Å². The Hall–Kier alpha value is -2.89. The number of nitrogens with zero attached hydrogens (tertiary/aromatic N) is 2. The lowest BCUT2D eigenvalue weighted by Gasteiger charge is -2.18. The Labute approximate surface area is 135 Å². The number of aromatic nitrogens is 1. The summed E-state index contributed by atoms with van der Waals surface area (Å²) < 4.78 is 0. The molecule has 0 bridgehead atoms. The molecule has 120 valence electrons. The number of anilines is 2. The van der Waals surface area contributed by atoms with Gasteiger partial charge in [-0.25, -0.2) is 4.79 Å². The molecule has 2 rings (SSSR count). The maximum Gasteiger partial charge on any atom is 0.321 e. The largest absolute Gasteiger partial charge is 0.327 e. The van der Waals surface area contributed by atoms with Gasteiger partial charge in [0.2, 0.25) is 5.91 Å². The van der Waals surface area contributed by atoms with Gasteiger partial charge < -0.3 is 15.5 Å². The standard InChI is InChI=1S/C17H20N4O2/c1-13(22)19-15-4-3-5-16(12-15)20-17(23)21(2)11-8-14-6-9-18-10-7-14/h3-7,9-10,12H,8,11H2,1-2H3,(H,19,22)(H,20,23). The number of benzene rings is 1. The highest BCUT2D eigenvalue weighted by molar-refractivity contribution is 5.92. The summed E-state index contributed by atoms with van der Waals surface area (Å²) in [5, 5.41) is 5.50. The first-order valence-electron chi connectivity index (χ1n) is 7.33. The summed E-state index contributed by atoms with van der Waals surface area (Å²) in [6.45, 7) is 2.04. The molecule has 0 unspecified atom stereocenters. The van der Waals surface area contributed by atoms with Crippen LogP contribution in [0.2, 0.25) is 0 Å². The molecule has 1 aromatic carbocycles. The molecule has 6 nitrogen and oxygen atoms in total. The Morgan fingerprint density at radius 3 is 2.39 bits per heavy atom. The minimum absolute atomic E-state index is 0.150. The van der Waals surface area contributed by atoms with Gasteiger partial charge in [0.25, 0.3) is 0 Å². The maximum atomic E-state index is 12.2. The number of amides is 3. The molecule has 0 aliphatic heterocycles. The molecule has 0 atom stereocenters. The summed E-state index contributed by atoms with van der Waals surface area (Å²) in [7, 11) is 1.74. The molecule has 1 aromatic heterocycles. The van der Waals surface area contributed by atoms with Gasteiger partial charge in [0.1, 0.15) is 0 Å². The summed E-state index contributed by atoms with van der Waals surface area (Å²) >= 11 is 0. The first-order valence-corrected chi connectivity index (χ1v) is 7.33. The van der Waals surface area contributed by atoms with Crippen molar-refractivity contribution in [1.82, 2.24) is 9.88 Å². The summed E-state index contributed by atoms with van der Waals surface area (Å²) in [4.78, 5) is 28.8. The van der Waals surface area contributed by atoms with Crippen LogP contribution in [-0.4, -0.2) is 35.4 Å². The Bertz CT molecular complexity index is 673. The molecule has 0 radical (unpaired) electrons. The van der Waals surface area contributed by atoms with Crippen molar-refractivity contribution in [3.05, 3.63) is 54.4 Å². The lowest BCUT2D eigenvalue weighted by Crippen LogP contribution is -2.33. The second-order valence-corrected chi connectivity index (χ2v) is 5.22. The van der Waals surface area contributed by atoms with Crippen LogP contribution in [0.25, 0.3) is 0 Å². The molecule has 0 saturated heterocycles. The van der Waals surface area contributed by atoms with Gasteiger partial charge in [0.05, 0.1) is 0 Å². The molecule has 0 fully saturated rings. The van der Waals surface area contributed by atoms with Gasteiger partial charge in [-0.3, -0.25) is 9.78 Å². The number of likely N-dealkylation sites (N-methyl/N-ethyl adjacent to an activating group) is 1. The SMILES string of the molecule is CC(=O)Nc1cccc(NC(=O)N(C)CCc2ccncc2)c1. The maximum absolute atomic E-state index is 12.2. The Morgan fingerprint density at radius 1 is 1.09 bits per heavy atom. The Kier molecular flexibility index (Phi) is 5.68. The number of pyridine rings is 1. The third-order valence-electron chi connectivity index (χ3n) is 3.27. The molecule has 2 aromatic rings. The van der Waals surface area contributed by atoms with E-state index >= 15 is 0 Å². The summed E-state index contributed by atoms with van der Waals surface area (Å²) in [5.74, 6) is -0.150. The summed E-state index contributed by atoms with van der Waals surface area (Å²) in [6.07, 6.45) is 4.24. The van der Waals surface area contributed by atoms with E-state index in [9.17, 15) is 9.59 Å². The van der Waals surface area contributed by atoms with E-state index in [1.54, 1.807) is 48.6 Å². The highest BCUT2D eigenvalue weighted by atomic mass is 16.2. The van der Waals surface area contributed by atoms with E-state index in [1.165, 1.54) is 6.92 Å². The number of hydrogen-bond donors (Lipinski definition) is 2. The van der Waals surface area contributed by atoms with Crippen molar-refractivity contribution in [3.63, 3.8) is 0 Å². The molecule has 2 N–H and O–H groups in total. The summed E-state index contributed by atoms with van der Waals surface area (Å²) in [6, 6.07) is 10.7. The molecule has 0 saturated carbocycles. The number of rotatable bonds is 5. The number of carbonyl (C=O) groups excluding carboxylic acids is 2. The van der Waals surface area contributed by atoms with Crippen LogP contribution >= 0.6 is 0 Å². The van der Waals surface area contributed by atoms with Gasteiger partial charge in [-0.05, 0) is 42.3 Å². The van der Waals surface area contributed by atoms with Gasteiger partial charge in [-0.2, -0.15) is 0 Å². The van der Waals surface area contributed by atoms with Crippen molar-refractivity contribution in [2.24, 2.45) is 0 Å². The first kappa shape index (κ1) is 16.5. The lowest BCUT2D eigenvalue weighted by molar-refractivity contribution is -0.114. The number of hydrogen-bond acceptors (Lipinski definition) is 3. The van der Waals surface area contributed by atoms with Gasteiger partial charge in [0.15, 0.2) is 0 Å². The minimum Gasteiger partial charge on any atom is -0.327 e. The van der Waals surface area contributed by atoms with E-state index in [0.717, 1.165) is 12.0 Å². The minimum atomic E-state index is -0.195. The fourth-order valence-electron chi connectivity index (χ4n) is 2.04. The quantitative estimate of drug-likeness (QED) is 0.891. The van der Waals surface area contributed by atoms with Gasteiger partial charge in [0, 0.05) is 44.3 Å². The Morgan fingerprint density at radius 2 is 1.74 bits per heavy atom. The van der Waals surface area contributed by atoms with Crippen LogP contribution in [0.5, 0.6) is 0 Å². The fraction of sp³-hybridized carbons (Fsp3) is 0.235. The van der Waals surface area contributed by atoms with Crippen LogP contribution < -0.4 is 10.6 Å². The Balaban J connectivity index is 1.89. The normalized spacial score (nSPS) is 10.0. The number of carbonyl (C=O) groups is 2. The van der Waals surface area contributed by atoms with Crippen LogP contribution in [-0.2, 0) is 11.2 Å². The van der Waals surface area contributed by atoms with E-state index in [1.807, 2.05) is 12.1 Å². The van der Waals surface area contributed by atoms with Crippen molar-refractivity contribution >= 4 is 23.3 Å². The van der Waals surface area contributed by atoms with Crippen LogP contribution in [0.4, 0.5) is 16.2 Å². The predicted molar refractivity (Wildman–Crippen MR) is 90.3 cm³/mol. The van der Waals surface area contributed by atoms with Crippen LogP contribution in [0, 0.1) is 0 Å². The molecule has 1 heterocycles. The highest BCUT2D eigenvalue weighted by Gasteiger charge is 2.09. The summed E-state index contributed by atoms with van der Waals surface area (Å²) in [5.41, 5.74) is 2.42. The van der Waals surface area contributed by atoms with Crippen molar-refractivity contribution in [2.75, 3.05) is 24.2 Å². The van der Waals surface area contributed by atoms with Crippen molar-refractivity contribution in [2.45, 2.75) is 13.3 Å². The number of nitrogens with one attached hydrogen (secondary N) is 2. The molecular weight excluding hydrogens is 292 g/mol. The average Bonchev–Trinajstić information content (AvgIpc) is 2.53. The van der Waals surface area contributed by atoms with Crippen LogP contribution in [0.3, 0.4) is 0 Å². The van der Waals surface area contributed by atoms with Crippen LogP contribution in [0.15, 0.2) is 48.8 Å². The second-order valence-electron chi connectivity index (χ2n) is 5.22. The zero-order chi connectivity index (χ0) is 16.7. The smallest absolute Gasteiger partial charge is 0.321 e. The zero-order valence-corrected chi connectivity index (χ0v) is 13.2. The molecule has 0 aliphatic carbocycles. The zero-order valence-electron chi connectivity index (χ0n) is 13.2. The molecule has 3 amide bonds. The lowest BCUT2D eigenvalue weighted by atomic mass is 10.2. The third kappa shape index (κ3) is 5.43. The van der Waals surface area contributed by atoms with E-state index in [4.69, 9.17) is 0 Å². The van der Waals surface area contributed by atoms with Crippen LogP contribution in [0.1, 0.15) is 12.5 Å². The van der Waals surface area contributed by atoms with E-state index in [-0.39, 0.29) is 11.9 Å². The van der Waals surface area contributed by atoms with Gasteiger partial charge in [-0.15, -0.1) is 0 Å². The molecule has 6 heteroatoms. The van der Waals surface area contributed by atoms with Gasteiger partial charge in [-0.1, -0.05) is 6.07 Å². The van der Waals surface area contributed by atoms with E-state index < -0.39 is 0 Å². The van der Waals surface area contributed by atoms with Gasteiger partial charge >= 0.3 is 6.03 Å². The predicted octanol–water partition coefficient (Wildman–Crippen LogP) is 2.75. The molecule has 0 spiro atoms. The fourth-order valence-corrected chi connectivity index (χ4v) is 2.04. The average molecular weight is 312 g/mol. The van der Waals surface area contributed by atoms with E-state index in [2.05, 4.69) is 15.6 Å². The van der Waals surface area contributed by atoms with Crippen molar-refractivity contribution < 1.29 is 9.59 Å².